The van der Waals surface area contributed by atoms with Crippen LogP contribution >= 0.6 is 11.3 Å². The molecule has 1 aliphatic carbocycles. The van der Waals surface area contributed by atoms with Crippen molar-refractivity contribution >= 4 is 23.1 Å². The van der Waals surface area contributed by atoms with Gasteiger partial charge >= 0.3 is 5.97 Å². The Kier molecular flexibility index (Phi) is 7.12. The van der Waals surface area contributed by atoms with Gasteiger partial charge in [-0.15, -0.1) is 11.3 Å². The molecule has 6 nitrogen and oxygen atoms in total. The van der Waals surface area contributed by atoms with Crippen molar-refractivity contribution < 1.29 is 23.8 Å². The second-order valence-electron chi connectivity index (χ2n) is 9.13. The van der Waals surface area contributed by atoms with Crippen LogP contribution in [0.25, 0.3) is 0 Å². The molecule has 2 aliphatic rings. The molecule has 0 unspecified atom stereocenters. The summed E-state index contributed by atoms with van der Waals surface area (Å²) < 4.78 is 16.8. The number of thiophene rings is 1. The van der Waals surface area contributed by atoms with E-state index in [1.165, 1.54) is 4.88 Å². The standard InChI is InChI=1S/C27H31NO5S/c1-15(2)14-33-27(30)24-16(3)28-20-11-17(23-7-6-10-34-23)12-21(29)26(20)25(24)19-13-18(31-4)8-9-22(19)32-5/h6-10,13,15,17,25,28H,11-12,14H2,1-5H3/t17-,25+/m0/s1. The number of rotatable bonds is 7. The van der Waals surface area contributed by atoms with Crippen LogP contribution in [0, 0.1) is 5.92 Å². The molecule has 1 aromatic carbocycles. The van der Waals surface area contributed by atoms with E-state index in [2.05, 4.69) is 11.4 Å². The number of hydrogen-bond acceptors (Lipinski definition) is 7. The van der Waals surface area contributed by atoms with Gasteiger partial charge in [-0.3, -0.25) is 4.79 Å². The highest BCUT2D eigenvalue weighted by atomic mass is 32.1. The zero-order valence-corrected chi connectivity index (χ0v) is 21.1. The van der Waals surface area contributed by atoms with Crippen LogP contribution in [0.5, 0.6) is 11.5 Å². The maximum atomic E-state index is 13.7. The molecule has 1 aliphatic heterocycles. The van der Waals surface area contributed by atoms with Gasteiger partial charge in [0.1, 0.15) is 11.5 Å². The minimum absolute atomic E-state index is 0.0312. The van der Waals surface area contributed by atoms with Crippen molar-refractivity contribution in [2.24, 2.45) is 5.92 Å². The Bertz CT molecular complexity index is 1150. The number of carbonyl (C=O) groups is 2. The number of esters is 1. The second kappa shape index (κ2) is 10.1. The predicted octanol–water partition coefficient (Wildman–Crippen LogP) is 5.33. The van der Waals surface area contributed by atoms with Crippen LogP contribution in [0.15, 0.2) is 58.3 Å². The van der Waals surface area contributed by atoms with Gasteiger partial charge < -0.3 is 19.5 Å². The lowest BCUT2D eigenvalue weighted by Crippen LogP contribution is -2.36. The number of methoxy groups -OCH3 is 2. The lowest BCUT2D eigenvalue weighted by atomic mass is 9.72. The minimum Gasteiger partial charge on any atom is -0.497 e. The molecule has 4 rings (SSSR count). The molecule has 180 valence electrons. The first-order valence-electron chi connectivity index (χ1n) is 11.5. The molecule has 1 aromatic heterocycles. The maximum Gasteiger partial charge on any atom is 0.336 e. The highest BCUT2D eigenvalue weighted by Crippen LogP contribution is 2.48. The third-order valence-corrected chi connectivity index (χ3v) is 7.32. The molecule has 2 heterocycles. The predicted molar refractivity (Wildman–Crippen MR) is 132 cm³/mol. The summed E-state index contributed by atoms with van der Waals surface area (Å²) in [5.74, 6) is 0.547. The van der Waals surface area contributed by atoms with E-state index in [0.717, 1.165) is 11.3 Å². The number of ether oxygens (including phenoxy) is 3. The fraction of sp³-hybridized carbons (Fsp3) is 0.407. The number of Topliss-reactive ketones (excluding diaryl/α,β-unsaturated/α-hetero) is 1. The van der Waals surface area contributed by atoms with Crippen molar-refractivity contribution in [1.29, 1.82) is 0 Å². The van der Waals surface area contributed by atoms with E-state index in [9.17, 15) is 9.59 Å². The number of allylic oxidation sites excluding steroid dienone is 3. The molecule has 2 aromatic rings. The molecule has 2 atom stereocenters. The summed E-state index contributed by atoms with van der Waals surface area (Å²) in [5.41, 5.74) is 3.33. The molecule has 0 fully saturated rings. The molecule has 1 N–H and O–H groups in total. The van der Waals surface area contributed by atoms with Crippen molar-refractivity contribution in [3.8, 4) is 11.5 Å². The quantitative estimate of drug-likeness (QED) is 0.539. The summed E-state index contributed by atoms with van der Waals surface area (Å²) in [6.07, 6.45) is 1.10. The number of carbonyl (C=O) groups excluding carboxylic acids is 2. The first kappa shape index (κ1) is 24.1. The van der Waals surface area contributed by atoms with Crippen LogP contribution in [0.4, 0.5) is 0 Å². The Morgan fingerprint density at radius 2 is 1.97 bits per heavy atom. The monoisotopic (exact) mass is 481 g/mol. The average Bonchev–Trinajstić information content (AvgIpc) is 3.36. The van der Waals surface area contributed by atoms with Crippen molar-refractivity contribution in [3.63, 3.8) is 0 Å². The van der Waals surface area contributed by atoms with Crippen molar-refractivity contribution in [2.75, 3.05) is 20.8 Å². The van der Waals surface area contributed by atoms with Crippen molar-refractivity contribution in [1.82, 2.24) is 5.32 Å². The van der Waals surface area contributed by atoms with Gasteiger partial charge in [0, 0.05) is 39.7 Å². The van der Waals surface area contributed by atoms with Gasteiger partial charge in [-0.05, 0) is 48.9 Å². The fourth-order valence-electron chi connectivity index (χ4n) is 4.73. The zero-order valence-electron chi connectivity index (χ0n) is 20.3. The van der Waals surface area contributed by atoms with Crippen LogP contribution in [0.3, 0.4) is 0 Å². The Labute approximate surface area is 204 Å². The largest absolute Gasteiger partial charge is 0.497 e. The molecular weight excluding hydrogens is 450 g/mol. The second-order valence-corrected chi connectivity index (χ2v) is 10.1. The summed E-state index contributed by atoms with van der Waals surface area (Å²) in [7, 11) is 3.18. The summed E-state index contributed by atoms with van der Waals surface area (Å²) >= 11 is 1.67. The smallest absolute Gasteiger partial charge is 0.336 e. The van der Waals surface area contributed by atoms with E-state index in [1.807, 2.05) is 50.4 Å². The van der Waals surface area contributed by atoms with Gasteiger partial charge in [-0.25, -0.2) is 4.79 Å². The van der Waals surface area contributed by atoms with E-state index in [0.29, 0.717) is 47.8 Å². The van der Waals surface area contributed by atoms with Gasteiger partial charge in [0.2, 0.25) is 0 Å². The Balaban J connectivity index is 1.85. The lowest BCUT2D eigenvalue weighted by molar-refractivity contribution is -0.140. The molecule has 0 amide bonds. The van der Waals surface area contributed by atoms with Crippen LogP contribution in [0.2, 0.25) is 0 Å². The van der Waals surface area contributed by atoms with Crippen molar-refractivity contribution in [3.05, 3.63) is 68.7 Å². The normalized spacial score (nSPS) is 20.2. The summed E-state index contributed by atoms with van der Waals surface area (Å²) in [6.45, 7) is 6.16. The molecule has 0 saturated carbocycles. The summed E-state index contributed by atoms with van der Waals surface area (Å²) in [6, 6.07) is 9.56. The Morgan fingerprint density at radius 1 is 1.18 bits per heavy atom. The zero-order chi connectivity index (χ0) is 24.4. The van der Waals surface area contributed by atoms with E-state index in [-0.39, 0.29) is 17.6 Å². The average molecular weight is 482 g/mol. The number of hydrogen-bond donors (Lipinski definition) is 1. The number of benzene rings is 1. The highest BCUT2D eigenvalue weighted by molar-refractivity contribution is 7.10. The molecule has 7 heteroatoms. The summed E-state index contributed by atoms with van der Waals surface area (Å²) in [5, 5.41) is 5.43. The van der Waals surface area contributed by atoms with Gasteiger partial charge in [-0.1, -0.05) is 19.9 Å². The molecule has 0 spiro atoms. The van der Waals surface area contributed by atoms with E-state index in [1.54, 1.807) is 25.6 Å². The first-order chi connectivity index (χ1) is 16.3. The minimum atomic E-state index is -0.599. The van der Waals surface area contributed by atoms with E-state index in [4.69, 9.17) is 14.2 Å². The van der Waals surface area contributed by atoms with Crippen LogP contribution in [-0.4, -0.2) is 32.6 Å². The molecular formula is C27H31NO5S. The molecule has 0 radical (unpaired) electrons. The summed E-state index contributed by atoms with van der Waals surface area (Å²) in [4.78, 5) is 28.2. The van der Waals surface area contributed by atoms with Crippen molar-refractivity contribution in [2.45, 2.75) is 45.4 Å². The van der Waals surface area contributed by atoms with Crippen LogP contribution in [-0.2, 0) is 14.3 Å². The topological polar surface area (TPSA) is 73.9 Å². The molecule has 0 saturated heterocycles. The van der Waals surface area contributed by atoms with E-state index < -0.39 is 11.9 Å². The van der Waals surface area contributed by atoms with Gasteiger partial charge in [0.15, 0.2) is 5.78 Å². The molecule has 34 heavy (non-hydrogen) atoms. The maximum absolute atomic E-state index is 13.7. The van der Waals surface area contributed by atoms with Gasteiger partial charge in [-0.2, -0.15) is 0 Å². The van der Waals surface area contributed by atoms with Crippen LogP contribution < -0.4 is 14.8 Å². The third kappa shape index (κ3) is 4.62. The highest BCUT2D eigenvalue weighted by Gasteiger charge is 2.42. The lowest BCUT2D eigenvalue weighted by Gasteiger charge is -2.37. The van der Waals surface area contributed by atoms with Crippen LogP contribution in [0.1, 0.15) is 55.9 Å². The first-order valence-corrected chi connectivity index (χ1v) is 12.4. The van der Waals surface area contributed by atoms with Gasteiger partial charge in [0.05, 0.1) is 32.3 Å². The van der Waals surface area contributed by atoms with Gasteiger partial charge in [0.25, 0.3) is 0 Å². The Morgan fingerprint density at radius 3 is 2.62 bits per heavy atom. The SMILES string of the molecule is COc1ccc(OC)c([C@@H]2C(C(=O)OCC(C)C)=C(C)NC3=C2C(=O)C[C@@H](c2cccs2)C3)c1. The Hall–Kier alpha value is -3.06. The fourth-order valence-corrected chi connectivity index (χ4v) is 5.56. The molecule has 0 bridgehead atoms. The number of nitrogens with one attached hydrogen (secondary N) is 1. The number of dihydropyridines is 1. The number of ketones is 1. The third-order valence-electron chi connectivity index (χ3n) is 6.29. The van der Waals surface area contributed by atoms with E-state index >= 15 is 0 Å².